The first kappa shape index (κ1) is 15.1. The molecular weight excluding hydrogens is 296 g/mol. The van der Waals surface area contributed by atoms with Crippen molar-refractivity contribution in [3.63, 3.8) is 0 Å². The maximum absolute atomic E-state index is 5.43. The number of hydrogen-bond acceptors (Lipinski definition) is 8. The largest absolute Gasteiger partial charge is 0.454 e. The summed E-state index contributed by atoms with van der Waals surface area (Å²) in [6.45, 7) is 0.254. The van der Waals surface area contributed by atoms with Crippen molar-refractivity contribution in [2.75, 3.05) is 56.7 Å². The number of fused-ring (bicyclic) bond motifs is 1. The standard InChI is InChI=1S/C15H20N6O2/c1-19(2)13-16-14(20(3)4)18-15(17-13)21(5)10-6-7-11-12(8-10)23-9-22-11/h6-8H,9H2,1-5H3. The van der Waals surface area contributed by atoms with Crippen molar-refractivity contribution in [1.29, 1.82) is 0 Å². The topological polar surface area (TPSA) is 66.9 Å². The van der Waals surface area contributed by atoms with Gasteiger partial charge in [-0.1, -0.05) is 0 Å². The Kier molecular flexibility index (Phi) is 3.81. The van der Waals surface area contributed by atoms with Crippen LogP contribution in [0.4, 0.5) is 23.5 Å². The van der Waals surface area contributed by atoms with Gasteiger partial charge in [-0.2, -0.15) is 15.0 Å². The maximum Gasteiger partial charge on any atom is 0.236 e. The second kappa shape index (κ2) is 5.79. The number of ether oxygens (including phenoxy) is 2. The molecule has 8 nitrogen and oxygen atoms in total. The Bertz CT molecular complexity index is 693. The first-order valence-electron chi connectivity index (χ1n) is 7.20. The average Bonchev–Trinajstić information content (AvgIpc) is 3.01. The molecule has 3 rings (SSSR count). The van der Waals surface area contributed by atoms with Gasteiger partial charge in [0.15, 0.2) is 11.5 Å². The lowest BCUT2D eigenvalue weighted by atomic mass is 10.2. The van der Waals surface area contributed by atoms with Gasteiger partial charge in [-0.25, -0.2) is 0 Å². The summed E-state index contributed by atoms with van der Waals surface area (Å²) in [5.74, 6) is 3.24. The molecule has 122 valence electrons. The predicted molar refractivity (Wildman–Crippen MR) is 89.1 cm³/mol. The molecule has 0 amide bonds. The van der Waals surface area contributed by atoms with Crippen LogP contribution in [0.5, 0.6) is 11.5 Å². The van der Waals surface area contributed by atoms with E-state index in [2.05, 4.69) is 15.0 Å². The van der Waals surface area contributed by atoms with E-state index in [9.17, 15) is 0 Å². The number of anilines is 4. The van der Waals surface area contributed by atoms with Crippen molar-refractivity contribution in [1.82, 2.24) is 15.0 Å². The second-order valence-electron chi connectivity index (χ2n) is 5.62. The Morgan fingerprint density at radius 1 is 0.783 bits per heavy atom. The van der Waals surface area contributed by atoms with Crippen LogP contribution in [0.3, 0.4) is 0 Å². The highest BCUT2D eigenvalue weighted by atomic mass is 16.7. The molecule has 23 heavy (non-hydrogen) atoms. The first-order chi connectivity index (χ1) is 11.0. The van der Waals surface area contributed by atoms with E-state index in [-0.39, 0.29) is 6.79 Å². The third-order valence-electron chi connectivity index (χ3n) is 3.44. The number of nitrogens with zero attached hydrogens (tertiary/aromatic N) is 6. The van der Waals surface area contributed by atoms with Crippen LogP contribution < -0.4 is 24.2 Å². The van der Waals surface area contributed by atoms with Gasteiger partial charge in [0.1, 0.15) is 0 Å². The Morgan fingerprint density at radius 2 is 1.35 bits per heavy atom. The minimum absolute atomic E-state index is 0.254. The summed E-state index contributed by atoms with van der Waals surface area (Å²) >= 11 is 0. The highest BCUT2D eigenvalue weighted by Crippen LogP contribution is 2.36. The first-order valence-corrected chi connectivity index (χ1v) is 7.20. The van der Waals surface area contributed by atoms with Crippen LogP contribution in [0, 0.1) is 0 Å². The van der Waals surface area contributed by atoms with Gasteiger partial charge in [0.2, 0.25) is 24.6 Å². The van der Waals surface area contributed by atoms with E-state index in [1.807, 2.05) is 68.1 Å². The third-order valence-corrected chi connectivity index (χ3v) is 3.44. The summed E-state index contributed by atoms with van der Waals surface area (Å²) in [5.41, 5.74) is 0.912. The molecule has 0 saturated heterocycles. The van der Waals surface area contributed by atoms with E-state index < -0.39 is 0 Å². The van der Waals surface area contributed by atoms with E-state index in [0.717, 1.165) is 17.2 Å². The number of benzene rings is 1. The minimum atomic E-state index is 0.254. The van der Waals surface area contributed by atoms with Crippen LogP contribution >= 0.6 is 0 Å². The van der Waals surface area contributed by atoms with Gasteiger partial charge in [-0.05, 0) is 12.1 Å². The molecule has 0 unspecified atom stereocenters. The lowest BCUT2D eigenvalue weighted by molar-refractivity contribution is 0.174. The van der Waals surface area contributed by atoms with Gasteiger partial charge in [0, 0.05) is 47.0 Å². The van der Waals surface area contributed by atoms with Crippen molar-refractivity contribution in [3.05, 3.63) is 18.2 Å². The Morgan fingerprint density at radius 3 is 1.96 bits per heavy atom. The Balaban J connectivity index is 1.99. The van der Waals surface area contributed by atoms with Crippen molar-refractivity contribution >= 4 is 23.5 Å². The van der Waals surface area contributed by atoms with E-state index in [1.165, 1.54) is 0 Å². The minimum Gasteiger partial charge on any atom is -0.454 e. The van der Waals surface area contributed by atoms with Crippen molar-refractivity contribution in [2.24, 2.45) is 0 Å². The fraction of sp³-hybridized carbons (Fsp3) is 0.400. The Labute approximate surface area is 135 Å². The highest BCUT2D eigenvalue weighted by molar-refractivity contribution is 5.63. The van der Waals surface area contributed by atoms with Gasteiger partial charge < -0.3 is 24.2 Å². The fourth-order valence-corrected chi connectivity index (χ4v) is 2.10. The molecule has 0 bridgehead atoms. The zero-order valence-electron chi connectivity index (χ0n) is 13.9. The fourth-order valence-electron chi connectivity index (χ4n) is 2.10. The molecule has 0 atom stereocenters. The van der Waals surface area contributed by atoms with Crippen LogP contribution in [0.2, 0.25) is 0 Å². The zero-order valence-corrected chi connectivity index (χ0v) is 13.9. The van der Waals surface area contributed by atoms with Crippen molar-refractivity contribution in [2.45, 2.75) is 0 Å². The molecule has 1 aliphatic rings. The van der Waals surface area contributed by atoms with Gasteiger partial charge in [0.05, 0.1) is 0 Å². The quantitative estimate of drug-likeness (QED) is 0.841. The van der Waals surface area contributed by atoms with Gasteiger partial charge in [0.25, 0.3) is 0 Å². The molecule has 1 aromatic carbocycles. The molecule has 0 N–H and O–H groups in total. The molecule has 0 spiro atoms. The molecule has 0 fully saturated rings. The summed E-state index contributed by atoms with van der Waals surface area (Å²) in [6, 6.07) is 5.74. The van der Waals surface area contributed by atoms with Crippen LogP contribution in [0.1, 0.15) is 0 Å². The summed E-state index contributed by atoms with van der Waals surface area (Å²) in [6.07, 6.45) is 0. The zero-order chi connectivity index (χ0) is 16.6. The van der Waals surface area contributed by atoms with Gasteiger partial charge >= 0.3 is 0 Å². The third kappa shape index (κ3) is 2.92. The molecule has 1 aromatic heterocycles. The molecule has 2 heterocycles. The number of aromatic nitrogens is 3. The SMILES string of the molecule is CN(C)c1nc(N(C)C)nc(N(C)c2ccc3c(c2)OCO3)n1. The monoisotopic (exact) mass is 316 g/mol. The van der Waals surface area contributed by atoms with Crippen LogP contribution in [0.15, 0.2) is 18.2 Å². The molecule has 0 saturated carbocycles. The van der Waals surface area contributed by atoms with Crippen LogP contribution in [-0.4, -0.2) is 57.0 Å². The Hall–Kier alpha value is -2.77. The second-order valence-corrected chi connectivity index (χ2v) is 5.62. The molecule has 1 aliphatic heterocycles. The molecule has 8 heteroatoms. The van der Waals surface area contributed by atoms with Crippen LogP contribution in [-0.2, 0) is 0 Å². The lowest BCUT2D eigenvalue weighted by Gasteiger charge is -2.21. The lowest BCUT2D eigenvalue weighted by Crippen LogP contribution is -2.22. The van der Waals surface area contributed by atoms with Crippen molar-refractivity contribution < 1.29 is 9.47 Å². The van der Waals surface area contributed by atoms with Gasteiger partial charge in [-0.3, -0.25) is 0 Å². The average molecular weight is 316 g/mol. The predicted octanol–water partition coefficient (Wildman–Crippen LogP) is 1.50. The highest BCUT2D eigenvalue weighted by Gasteiger charge is 2.18. The van der Waals surface area contributed by atoms with E-state index in [4.69, 9.17) is 9.47 Å². The maximum atomic E-state index is 5.43. The molecule has 0 aliphatic carbocycles. The normalized spacial score (nSPS) is 12.2. The molecular formula is C15H20N6O2. The number of hydrogen-bond donors (Lipinski definition) is 0. The van der Waals surface area contributed by atoms with E-state index in [1.54, 1.807) is 0 Å². The van der Waals surface area contributed by atoms with Gasteiger partial charge in [-0.15, -0.1) is 0 Å². The van der Waals surface area contributed by atoms with Crippen LogP contribution in [0.25, 0.3) is 0 Å². The van der Waals surface area contributed by atoms with Crippen molar-refractivity contribution in [3.8, 4) is 11.5 Å². The smallest absolute Gasteiger partial charge is 0.236 e. The summed E-state index contributed by atoms with van der Waals surface area (Å²) in [7, 11) is 9.52. The van der Waals surface area contributed by atoms with E-state index >= 15 is 0 Å². The summed E-state index contributed by atoms with van der Waals surface area (Å²) in [4.78, 5) is 19.1. The number of rotatable bonds is 4. The summed E-state index contributed by atoms with van der Waals surface area (Å²) in [5, 5.41) is 0. The molecule has 2 aromatic rings. The van der Waals surface area contributed by atoms with E-state index in [0.29, 0.717) is 17.8 Å². The summed E-state index contributed by atoms with van der Waals surface area (Å²) < 4.78 is 10.8. The molecule has 0 radical (unpaired) electrons.